The van der Waals surface area contributed by atoms with Crippen molar-refractivity contribution in [3.05, 3.63) is 57.4 Å². The molecule has 0 saturated carbocycles. The van der Waals surface area contributed by atoms with E-state index in [9.17, 15) is 19.8 Å². The van der Waals surface area contributed by atoms with Crippen LogP contribution in [0, 0.1) is 0 Å². The van der Waals surface area contributed by atoms with Crippen LogP contribution in [-0.4, -0.2) is 36.3 Å². The molecule has 1 aliphatic rings. The van der Waals surface area contributed by atoms with E-state index in [2.05, 4.69) is 26.7 Å². The van der Waals surface area contributed by atoms with Crippen LogP contribution in [0.4, 0.5) is 5.69 Å². The molecule has 1 saturated heterocycles. The molecule has 2 aromatic carbocycles. The minimum atomic E-state index is -0.645. The fourth-order valence-electron chi connectivity index (χ4n) is 2.23. The van der Waals surface area contributed by atoms with Crippen molar-refractivity contribution in [2.24, 2.45) is 0 Å². The Hall–Kier alpha value is -2.47. The van der Waals surface area contributed by atoms with Gasteiger partial charge in [0.15, 0.2) is 9.31 Å². The summed E-state index contributed by atoms with van der Waals surface area (Å²) in [6.07, 6.45) is 1.50. The highest BCUT2D eigenvalue weighted by molar-refractivity contribution is 9.10. The summed E-state index contributed by atoms with van der Waals surface area (Å²) in [6, 6.07) is 10.7. The van der Waals surface area contributed by atoms with Gasteiger partial charge in [0.05, 0.1) is 4.91 Å². The fraction of sp³-hybridized carbons (Fsp3) is 0. The zero-order valence-electron chi connectivity index (χ0n) is 14.4. The highest BCUT2D eigenvalue weighted by Gasteiger charge is 2.34. The molecule has 0 unspecified atom stereocenters. The van der Waals surface area contributed by atoms with Crippen LogP contribution < -0.4 is 10.7 Å². The van der Waals surface area contributed by atoms with Gasteiger partial charge in [-0.25, -0.2) is 0 Å². The van der Waals surface area contributed by atoms with Crippen molar-refractivity contribution in [1.82, 2.24) is 10.4 Å². The number of thioether (sulfide) groups is 1. The first-order valence-corrected chi connectivity index (χ1v) is 10.3. The Morgan fingerprint density at radius 3 is 2.55 bits per heavy atom. The Morgan fingerprint density at radius 1 is 1.17 bits per heavy atom. The molecule has 0 bridgehead atoms. The summed E-state index contributed by atoms with van der Waals surface area (Å²) in [6.45, 7) is 0. The lowest BCUT2D eigenvalue weighted by atomic mass is 10.2. The monoisotopic (exact) mass is 509 g/mol. The summed E-state index contributed by atoms with van der Waals surface area (Å²) in [7, 11) is 0. The Kier molecular flexibility index (Phi) is 6.52. The molecule has 1 fully saturated rings. The minimum absolute atomic E-state index is 0.00947. The third kappa shape index (κ3) is 5.12. The molecule has 0 atom stereocenters. The molecule has 148 valence electrons. The summed E-state index contributed by atoms with van der Waals surface area (Å²) in [5.41, 5.74) is 3.39. The first-order valence-electron chi connectivity index (χ1n) is 7.92. The molecule has 0 radical (unpaired) electrons. The molecule has 0 spiro atoms. The number of hydrogen-bond acceptors (Lipinski definition) is 7. The van der Waals surface area contributed by atoms with Crippen molar-refractivity contribution in [3.8, 4) is 11.5 Å². The predicted molar refractivity (Wildman–Crippen MR) is 123 cm³/mol. The average molecular weight is 510 g/mol. The van der Waals surface area contributed by atoms with Gasteiger partial charge in [-0.05, 0) is 60.8 Å². The van der Waals surface area contributed by atoms with Crippen molar-refractivity contribution in [2.45, 2.75) is 0 Å². The SMILES string of the molecule is O=C(Nc1ccc(O)cc1)C(=S)NN1C(=O)/C(=C\c2cc(Br)ccc2O)SC1=S. The third-order valence-electron chi connectivity index (χ3n) is 3.61. The van der Waals surface area contributed by atoms with Crippen LogP contribution >= 0.6 is 52.1 Å². The van der Waals surface area contributed by atoms with Gasteiger partial charge in [0.1, 0.15) is 11.5 Å². The number of thiocarbonyl (C=S) groups is 2. The highest BCUT2D eigenvalue weighted by Crippen LogP contribution is 2.33. The number of carbonyl (C=O) groups excluding carboxylic acids is 2. The molecule has 29 heavy (non-hydrogen) atoms. The van der Waals surface area contributed by atoms with Crippen LogP contribution in [0.2, 0.25) is 0 Å². The Bertz CT molecular complexity index is 1060. The molecule has 2 amide bonds. The molecule has 3 rings (SSSR count). The van der Waals surface area contributed by atoms with Gasteiger partial charge >= 0.3 is 0 Å². The second-order valence-electron chi connectivity index (χ2n) is 5.66. The van der Waals surface area contributed by atoms with E-state index in [1.54, 1.807) is 12.1 Å². The number of benzene rings is 2. The first kappa shape index (κ1) is 21.2. The predicted octanol–water partition coefficient (Wildman–Crippen LogP) is 3.53. The summed E-state index contributed by atoms with van der Waals surface area (Å²) >= 11 is 14.6. The summed E-state index contributed by atoms with van der Waals surface area (Å²) in [5.74, 6) is -1.08. The summed E-state index contributed by atoms with van der Waals surface area (Å²) < 4.78 is 0.901. The van der Waals surface area contributed by atoms with E-state index in [1.165, 1.54) is 36.4 Å². The maximum Gasteiger partial charge on any atom is 0.285 e. The van der Waals surface area contributed by atoms with E-state index >= 15 is 0 Å². The van der Waals surface area contributed by atoms with Crippen LogP contribution in [0.15, 0.2) is 51.8 Å². The lowest BCUT2D eigenvalue weighted by Crippen LogP contribution is -2.48. The van der Waals surface area contributed by atoms with Crippen LogP contribution in [0.1, 0.15) is 5.56 Å². The Labute approximate surface area is 188 Å². The number of hydrogen-bond donors (Lipinski definition) is 4. The van der Waals surface area contributed by atoms with Crippen molar-refractivity contribution in [3.63, 3.8) is 0 Å². The summed E-state index contributed by atoms with van der Waals surface area (Å²) in [5, 5.41) is 22.8. The van der Waals surface area contributed by atoms with E-state index < -0.39 is 11.8 Å². The molecule has 0 aromatic heterocycles. The molecule has 1 aliphatic heterocycles. The Morgan fingerprint density at radius 2 is 1.86 bits per heavy atom. The summed E-state index contributed by atoms with van der Waals surface area (Å²) in [4.78, 5) is 24.9. The molecule has 1 heterocycles. The molecule has 11 heteroatoms. The quantitative estimate of drug-likeness (QED) is 0.283. The van der Waals surface area contributed by atoms with Gasteiger partial charge in [0.2, 0.25) is 0 Å². The molecular formula is C18H12BrN3O4S3. The number of hydrazine groups is 1. The molecule has 0 aliphatic carbocycles. The van der Waals surface area contributed by atoms with Gasteiger partial charge in [0.25, 0.3) is 11.8 Å². The van der Waals surface area contributed by atoms with Crippen molar-refractivity contribution >= 4 is 85.0 Å². The van der Waals surface area contributed by atoms with Crippen LogP contribution in [0.3, 0.4) is 0 Å². The largest absolute Gasteiger partial charge is 0.508 e. The number of phenolic OH excluding ortho intramolecular Hbond substituents is 2. The number of phenols is 2. The molecule has 4 N–H and O–H groups in total. The lowest BCUT2D eigenvalue weighted by Gasteiger charge is -2.17. The van der Waals surface area contributed by atoms with Gasteiger partial charge in [-0.2, -0.15) is 5.01 Å². The number of carbonyl (C=O) groups is 2. The van der Waals surface area contributed by atoms with E-state index in [0.29, 0.717) is 11.3 Å². The number of anilines is 1. The number of aromatic hydroxyl groups is 2. The van der Waals surface area contributed by atoms with Gasteiger partial charge < -0.3 is 15.5 Å². The zero-order chi connectivity index (χ0) is 21.1. The van der Waals surface area contributed by atoms with E-state index in [-0.39, 0.29) is 25.7 Å². The molecule has 2 aromatic rings. The highest BCUT2D eigenvalue weighted by atomic mass is 79.9. The second kappa shape index (κ2) is 8.91. The smallest absolute Gasteiger partial charge is 0.285 e. The average Bonchev–Trinajstić information content (AvgIpc) is 2.94. The standard InChI is InChI=1S/C18H12BrN3O4S3/c19-10-1-6-13(24)9(7-10)8-14-17(26)22(18(28)29-14)21-16(27)15(25)20-11-2-4-12(23)5-3-11/h1-8,23-24H,(H,20,25)(H,21,27)/b14-8+. The van der Waals surface area contributed by atoms with E-state index in [4.69, 9.17) is 24.4 Å². The van der Waals surface area contributed by atoms with Crippen LogP contribution in [0.5, 0.6) is 11.5 Å². The third-order valence-corrected chi connectivity index (χ3v) is 5.69. The zero-order valence-corrected chi connectivity index (χ0v) is 18.4. The maximum absolute atomic E-state index is 12.6. The maximum atomic E-state index is 12.6. The van der Waals surface area contributed by atoms with Gasteiger partial charge in [0, 0.05) is 15.7 Å². The van der Waals surface area contributed by atoms with Crippen LogP contribution in [-0.2, 0) is 9.59 Å². The Balaban J connectivity index is 1.70. The topological polar surface area (TPSA) is 102 Å². The number of nitrogens with one attached hydrogen (secondary N) is 2. The minimum Gasteiger partial charge on any atom is -0.508 e. The van der Waals surface area contributed by atoms with Gasteiger partial charge in [-0.1, -0.05) is 39.9 Å². The van der Waals surface area contributed by atoms with Crippen molar-refractivity contribution in [2.75, 3.05) is 5.32 Å². The van der Waals surface area contributed by atoms with Crippen molar-refractivity contribution in [1.29, 1.82) is 0 Å². The number of rotatable bonds is 3. The van der Waals surface area contributed by atoms with E-state index in [1.807, 2.05) is 0 Å². The lowest BCUT2D eigenvalue weighted by molar-refractivity contribution is -0.123. The number of amides is 2. The number of nitrogens with zero attached hydrogens (tertiary/aromatic N) is 1. The first-order chi connectivity index (χ1) is 13.7. The normalized spacial score (nSPS) is 14.9. The van der Waals surface area contributed by atoms with E-state index in [0.717, 1.165) is 21.2 Å². The number of halogens is 1. The van der Waals surface area contributed by atoms with Gasteiger partial charge in [-0.15, -0.1) is 0 Å². The molecule has 7 nitrogen and oxygen atoms in total. The fourth-order valence-corrected chi connectivity index (χ4v) is 3.92. The molecular weight excluding hydrogens is 498 g/mol. The van der Waals surface area contributed by atoms with Crippen LogP contribution in [0.25, 0.3) is 6.08 Å². The van der Waals surface area contributed by atoms with Crippen molar-refractivity contribution < 1.29 is 19.8 Å². The second-order valence-corrected chi connectivity index (χ2v) is 8.66. The van der Waals surface area contributed by atoms with Gasteiger partial charge in [-0.3, -0.25) is 15.0 Å².